The Balaban J connectivity index is 0.000000704. The van der Waals surface area contributed by atoms with Crippen LogP contribution in [0, 0.1) is 0 Å². The van der Waals surface area contributed by atoms with Crippen molar-refractivity contribution in [2.75, 3.05) is 18.8 Å². The van der Waals surface area contributed by atoms with E-state index in [9.17, 15) is 4.79 Å². The molecule has 20 heavy (non-hydrogen) atoms. The fourth-order valence-corrected chi connectivity index (χ4v) is 4.23. The first kappa shape index (κ1) is 15.4. The molecule has 2 aliphatic rings. The van der Waals surface area contributed by atoms with Crippen molar-refractivity contribution >= 4 is 22.2 Å². The summed E-state index contributed by atoms with van der Waals surface area (Å²) in [6, 6.07) is 0. The molecule has 1 aromatic rings. The van der Waals surface area contributed by atoms with Crippen LogP contribution < -0.4 is 5.73 Å². The Morgan fingerprint density at radius 2 is 1.70 bits per heavy atom. The van der Waals surface area contributed by atoms with E-state index in [1.807, 2.05) is 18.7 Å². The van der Waals surface area contributed by atoms with Gasteiger partial charge in [-0.05, 0) is 50.5 Å². The van der Waals surface area contributed by atoms with Crippen LogP contribution in [0.5, 0.6) is 0 Å². The number of fused-ring (bicyclic) bond motifs is 1. The molecule has 0 aromatic carbocycles. The first-order valence-electron chi connectivity index (χ1n) is 7.96. The molecule has 1 saturated heterocycles. The number of carbonyl (C=O) groups is 1. The number of likely N-dealkylation sites (tertiary alicyclic amines) is 1. The lowest BCUT2D eigenvalue weighted by atomic mass is 9.94. The van der Waals surface area contributed by atoms with Crippen molar-refractivity contribution in [2.45, 2.75) is 58.8 Å². The van der Waals surface area contributed by atoms with E-state index in [1.54, 1.807) is 11.3 Å². The maximum absolute atomic E-state index is 12.6. The summed E-state index contributed by atoms with van der Waals surface area (Å²) in [5.74, 6) is 0.187. The lowest BCUT2D eigenvalue weighted by Crippen LogP contribution is -2.36. The number of amides is 1. The largest absolute Gasteiger partial charge is 0.390 e. The summed E-state index contributed by atoms with van der Waals surface area (Å²) >= 11 is 1.64. The molecule has 4 heteroatoms. The van der Waals surface area contributed by atoms with Gasteiger partial charge in [-0.2, -0.15) is 0 Å². The molecule has 0 radical (unpaired) electrons. The quantitative estimate of drug-likeness (QED) is 0.855. The van der Waals surface area contributed by atoms with Crippen molar-refractivity contribution in [1.29, 1.82) is 0 Å². The molecule has 112 valence electrons. The SMILES string of the molecule is CC.Nc1sc2c(c1C(=O)N1CCCCC1)CCCC2. The Kier molecular flexibility index (Phi) is 5.46. The first-order chi connectivity index (χ1) is 9.77. The van der Waals surface area contributed by atoms with Crippen molar-refractivity contribution in [3.05, 3.63) is 16.0 Å². The average molecular weight is 294 g/mol. The number of hydrogen-bond donors (Lipinski definition) is 1. The second kappa shape index (κ2) is 7.11. The van der Waals surface area contributed by atoms with Crippen LogP contribution in [0.4, 0.5) is 5.00 Å². The minimum atomic E-state index is 0.187. The van der Waals surface area contributed by atoms with Crippen molar-refractivity contribution in [2.24, 2.45) is 0 Å². The van der Waals surface area contributed by atoms with Crippen LogP contribution in [0.2, 0.25) is 0 Å². The van der Waals surface area contributed by atoms with Crippen LogP contribution in [0.1, 0.15) is 66.8 Å². The highest BCUT2D eigenvalue weighted by molar-refractivity contribution is 7.16. The van der Waals surface area contributed by atoms with Gasteiger partial charge in [0.05, 0.1) is 10.6 Å². The van der Waals surface area contributed by atoms with E-state index < -0.39 is 0 Å². The number of nitrogens with zero attached hydrogens (tertiary/aromatic N) is 1. The minimum absolute atomic E-state index is 0.187. The number of nitrogen functional groups attached to an aromatic ring is 1. The van der Waals surface area contributed by atoms with Gasteiger partial charge in [0.2, 0.25) is 0 Å². The van der Waals surface area contributed by atoms with E-state index in [0.29, 0.717) is 0 Å². The molecule has 3 nitrogen and oxygen atoms in total. The van der Waals surface area contributed by atoms with E-state index in [2.05, 4.69) is 0 Å². The molecule has 1 aliphatic carbocycles. The molecule has 3 rings (SSSR count). The Morgan fingerprint density at radius 1 is 1.05 bits per heavy atom. The molecule has 1 fully saturated rings. The number of piperidine rings is 1. The number of hydrogen-bond acceptors (Lipinski definition) is 3. The number of aryl methyl sites for hydroxylation is 1. The lowest BCUT2D eigenvalue weighted by Gasteiger charge is -2.27. The van der Waals surface area contributed by atoms with Crippen LogP contribution >= 0.6 is 11.3 Å². The van der Waals surface area contributed by atoms with Gasteiger partial charge in [0.15, 0.2) is 0 Å². The predicted octanol–water partition coefficient (Wildman–Crippen LogP) is 3.86. The number of carbonyl (C=O) groups excluding carboxylic acids is 1. The zero-order valence-electron chi connectivity index (χ0n) is 12.7. The first-order valence-corrected chi connectivity index (χ1v) is 8.78. The standard InChI is InChI=1S/C14H20N2OS.C2H6/c15-13-12(10-6-2-3-7-11(10)18-13)14(17)16-8-4-1-5-9-16;1-2/h1-9,15H2;1-2H3. The maximum atomic E-state index is 12.6. The highest BCUT2D eigenvalue weighted by Crippen LogP contribution is 2.37. The van der Waals surface area contributed by atoms with E-state index in [1.165, 1.54) is 29.7 Å². The Morgan fingerprint density at radius 3 is 2.40 bits per heavy atom. The third-order valence-electron chi connectivity index (χ3n) is 4.06. The second-order valence-corrected chi connectivity index (χ2v) is 6.44. The summed E-state index contributed by atoms with van der Waals surface area (Å²) in [6.45, 7) is 5.81. The highest BCUT2D eigenvalue weighted by atomic mass is 32.1. The third-order valence-corrected chi connectivity index (χ3v) is 5.18. The van der Waals surface area contributed by atoms with Crippen LogP contribution in [-0.4, -0.2) is 23.9 Å². The van der Waals surface area contributed by atoms with Gasteiger partial charge < -0.3 is 10.6 Å². The molecule has 2 heterocycles. The monoisotopic (exact) mass is 294 g/mol. The van der Waals surface area contributed by atoms with Gasteiger partial charge in [-0.25, -0.2) is 0 Å². The zero-order chi connectivity index (χ0) is 14.5. The van der Waals surface area contributed by atoms with E-state index >= 15 is 0 Å². The highest BCUT2D eigenvalue weighted by Gasteiger charge is 2.27. The normalized spacial score (nSPS) is 18.0. The zero-order valence-corrected chi connectivity index (χ0v) is 13.5. The maximum Gasteiger partial charge on any atom is 0.257 e. The molecule has 1 aromatic heterocycles. The van der Waals surface area contributed by atoms with Crippen LogP contribution in [0.15, 0.2) is 0 Å². The molecular weight excluding hydrogens is 268 g/mol. The van der Waals surface area contributed by atoms with E-state index in [4.69, 9.17) is 5.73 Å². The number of anilines is 1. The molecule has 0 bridgehead atoms. The minimum Gasteiger partial charge on any atom is -0.390 e. The number of rotatable bonds is 1. The Hall–Kier alpha value is -1.03. The van der Waals surface area contributed by atoms with Gasteiger partial charge in [0.1, 0.15) is 0 Å². The topological polar surface area (TPSA) is 46.3 Å². The van der Waals surface area contributed by atoms with E-state index in [-0.39, 0.29) is 5.91 Å². The van der Waals surface area contributed by atoms with Gasteiger partial charge in [0.25, 0.3) is 5.91 Å². The summed E-state index contributed by atoms with van der Waals surface area (Å²) < 4.78 is 0. The van der Waals surface area contributed by atoms with Crippen LogP contribution in [-0.2, 0) is 12.8 Å². The number of thiophene rings is 1. The molecular formula is C16H26N2OS. The fourth-order valence-electron chi connectivity index (χ4n) is 3.08. The summed E-state index contributed by atoms with van der Waals surface area (Å²) in [6.07, 6.45) is 8.11. The summed E-state index contributed by atoms with van der Waals surface area (Å²) in [5.41, 5.74) is 8.21. The van der Waals surface area contributed by atoms with Gasteiger partial charge in [-0.3, -0.25) is 4.79 Å². The molecule has 0 atom stereocenters. The van der Waals surface area contributed by atoms with Crippen LogP contribution in [0.3, 0.4) is 0 Å². The molecule has 2 N–H and O–H groups in total. The third kappa shape index (κ3) is 3.00. The molecule has 0 saturated carbocycles. The Bertz CT molecular complexity index is 461. The molecule has 1 amide bonds. The second-order valence-electron chi connectivity index (χ2n) is 5.30. The smallest absolute Gasteiger partial charge is 0.257 e. The Labute approximate surface area is 126 Å². The fraction of sp³-hybridized carbons (Fsp3) is 0.688. The van der Waals surface area contributed by atoms with Gasteiger partial charge >= 0.3 is 0 Å². The summed E-state index contributed by atoms with van der Waals surface area (Å²) in [5, 5.41) is 0.748. The summed E-state index contributed by atoms with van der Waals surface area (Å²) in [4.78, 5) is 16.0. The predicted molar refractivity (Wildman–Crippen MR) is 86.5 cm³/mol. The molecule has 0 unspecified atom stereocenters. The van der Waals surface area contributed by atoms with Gasteiger partial charge in [0, 0.05) is 18.0 Å². The van der Waals surface area contributed by atoms with Crippen LogP contribution in [0.25, 0.3) is 0 Å². The van der Waals surface area contributed by atoms with Gasteiger partial charge in [-0.15, -0.1) is 11.3 Å². The van der Waals surface area contributed by atoms with Gasteiger partial charge in [-0.1, -0.05) is 13.8 Å². The van der Waals surface area contributed by atoms with Crippen molar-refractivity contribution < 1.29 is 4.79 Å². The molecule has 1 aliphatic heterocycles. The molecule has 0 spiro atoms. The summed E-state index contributed by atoms with van der Waals surface area (Å²) in [7, 11) is 0. The number of nitrogens with two attached hydrogens (primary N) is 1. The van der Waals surface area contributed by atoms with E-state index in [0.717, 1.165) is 49.3 Å². The van der Waals surface area contributed by atoms with Crippen molar-refractivity contribution in [3.63, 3.8) is 0 Å². The van der Waals surface area contributed by atoms with Crippen molar-refractivity contribution in [3.8, 4) is 0 Å². The average Bonchev–Trinajstić information content (AvgIpc) is 2.85. The lowest BCUT2D eigenvalue weighted by molar-refractivity contribution is 0.0724. The van der Waals surface area contributed by atoms with Crippen molar-refractivity contribution in [1.82, 2.24) is 4.90 Å².